The fourth-order valence-electron chi connectivity index (χ4n) is 1.93. The van der Waals surface area contributed by atoms with Crippen LogP contribution < -0.4 is 16.0 Å². The highest BCUT2D eigenvalue weighted by molar-refractivity contribution is 14.1. The molecular formula is C14H16IN3O2. The highest BCUT2D eigenvalue weighted by atomic mass is 127. The van der Waals surface area contributed by atoms with E-state index in [2.05, 4.69) is 4.98 Å². The van der Waals surface area contributed by atoms with Crippen LogP contribution >= 0.6 is 22.6 Å². The standard InChI is InChI=1S/C14H16IN3O2/c1-3-20-13-5-4-11(16)6-10(13)8-18-9(2)17-7-12(15)14(18)19/h4-7H,3,8,16H2,1-2H3. The molecule has 2 aromatic rings. The lowest BCUT2D eigenvalue weighted by molar-refractivity contribution is 0.335. The number of nitrogens with zero attached hydrogens (tertiary/aromatic N) is 2. The van der Waals surface area contributed by atoms with Crippen LogP contribution in [0, 0.1) is 10.5 Å². The first kappa shape index (κ1) is 14.8. The molecule has 0 unspecified atom stereocenters. The Morgan fingerprint density at radius 2 is 2.20 bits per heavy atom. The zero-order valence-corrected chi connectivity index (χ0v) is 13.5. The summed E-state index contributed by atoms with van der Waals surface area (Å²) in [5, 5.41) is 0. The van der Waals surface area contributed by atoms with Crippen LogP contribution in [0.5, 0.6) is 5.75 Å². The fraction of sp³-hybridized carbons (Fsp3) is 0.286. The molecule has 0 aliphatic carbocycles. The summed E-state index contributed by atoms with van der Waals surface area (Å²) >= 11 is 1.99. The maximum Gasteiger partial charge on any atom is 0.267 e. The van der Waals surface area contributed by atoms with E-state index in [1.165, 1.54) is 0 Å². The van der Waals surface area contributed by atoms with Crippen LogP contribution in [0.25, 0.3) is 0 Å². The van der Waals surface area contributed by atoms with Gasteiger partial charge in [-0.05, 0) is 54.6 Å². The van der Waals surface area contributed by atoms with Gasteiger partial charge in [0.2, 0.25) is 0 Å². The van der Waals surface area contributed by atoms with Crippen molar-refractivity contribution in [3.63, 3.8) is 0 Å². The van der Waals surface area contributed by atoms with E-state index >= 15 is 0 Å². The van der Waals surface area contributed by atoms with E-state index in [0.29, 0.717) is 28.2 Å². The molecule has 0 amide bonds. The van der Waals surface area contributed by atoms with E-state index in [1.54, 1.807) is 16.8 Å². The lowest BCUT2D eigenvalue weighted by Crippen LogP contribution is -2.26. The summed E-state index contributed by atoms with van der Waals surface area (Å²) in [6.45, 7) is 4.69. The molecule has 106 valence electrons. The lowest BCUT2D eigenvalue weighted by atomic mass is 10.1. The lowest BCUT2D eigenvalue weighted by Gasteiger charge is -2.14. The van der Waals surface area contributed by atoms with Gasteiger partial charge in [-0.1, -0.05) is 0 Å². The molecule has 1 heterocycles. The van der Waals surface area contributed by atoms with E-state index < -0.39 is 0 Å². The second-order valence-corrected chi connectivity index (χ2v) is 5.51. The number of anilines is 1. The number of ether oxygens (including phenoxy) is 1. The molecule has 0 fully saturated rings. The van der Waals surface area contributed by atoms with Gasteiger partial charge in [-0.3, -0.25) is 9.36 Å². The normalized spacial score (nSPS) is 10.6. The van der Waals surface area contributed by atoms with Gasteiger partial charge in [0.15, 0.2) is 0 Å². The summed E-state index contributed by atoms with van der Waals surface area (Å²) in [4.78, 5) is 16.4. The zero-order valence-electron chi connectivity index (χ0n) is 11.4. The van der Waals surface area contributed by atoms with Crippen molar-refractivity contribution in [2.45, 2.75) is 20.4 Å². The summed E-state index contributed by atoms with van der Waals surface area (Å²) in [6, 6.07) is 5.45. The predicted octanol–water partition coefficient (Wildman–Crippen LogP) is 2.19. The number of rotatable bonds is 4. The number of aryl methyl sites for hydroxylation is 1. The molecule has 0 atom stereocenters. The smallest absolute Gasteiger partial charge is 0.267 e. The van der Waals surface area contributed by atoms with Crippen molar-refractivity contribution in [1.29, 1.82) is 0 Å². The number of aromatic nitrogens is 2. The average Bonchev–Trinajstić information content (AvgIpc) is 2.42. The van der Waals surface area contributed by atoms with E-state index in [-0.39, 0.29) is 5.56 Å². The number of hydrogen-bond acceptors (Lipinski definition) is 4. The van der Waals surface area contributed by atoms with Gasteiger partial charge in [0.1, 0.15) is 11.6 Å². The minimum absolute atomic E-state index is 0.0528. The van der Waals surface area contributed by atoms with Gasteiger partial charge in [-0.15, -0.1) is 0 Å². The molecule has 6 heteroatoms. The third-order valence-electron chi connectivity index (χ3n) is 2.92. The molecule has 0 spiro atoms. The highest BCUT2D eigenvalue weighted by Crippen LogP contribution is 2.22. The minimum atomic E-state index is -0.0528. The number of hydrogen-bond donors (Lipinski definition) is 1. The molecule has 1 aromatic carbocycles. The van der Waals surface area contributed by atoms with Crippen LogP contribution in [0.1, 0.15) is 18.3 Å². The molecule has 0 saturated carbocycles. The Hall–Kier alpha value is -1.57. The number of halogens is 1. The first-order chi connectivity index (χ1) is 9.52. The van der Waals surface area contributed by atoms with Crippen LogP contribution in [0.15, 0.2) is 29.2 Å². The van der Waals surface area contributed by atoms with Gasteiger partial charge < -0.3 is 10.5 Å². The highest BCUT2D eigenvalue weighted by Gasteiger charge is 2.10. The van der Waals surface area contributed by atoms with Gasteiger partial charge in [-0.25, -0.2) is 4.98 Å². The summed E-state index contributed by atoms with van der Waals surface area (Å²) in [5.41, 5.74) is 7.29. The Balaban J connectivity index is 2.47. The second kappa shape index (κ2) is 6.25. The topological polar surface area (TPSA) is 70.1 Å². The Labute approximate surface area is 130 Å². The van der Waals surface area contributed by atoms with Crippen molar-refractivity contribution in [3.05, 3.63) is 49.7 Å². The van der Waals surface area contributed by atoms with Gasteiger partial charge >= 0.3 is 0 Å². The molecule has 0 radical (unpaired) electrons. The van der Waals surface area contributed by atoms with Gasteiger partial charge in [0.05, 0.1) is 16.7 Å². The van der Waals surface area contributed by atoms with Crippen molar-refractivity contribution < 1.29 is 4.74 Å². The minimum Gasteiger partial charge on any atom is -0.494 e. The van der Waals surface area contributed by atoms with Gasteiger partial charge in [0, 0.05) is 17.4 Å². The third-order valence-corrected chi connectivity index (χ3v) is 3.66. The molecule has 5 nitrogen and oxygen atoms in total. The van der Waals surface area contributed by atoms with Crippen LogP contribution in [0.3, 0.4) is 0 Å². The van der Waals surface area contributed by atoms with Crippen LogP contribution in [-0.2, 0) is 6.54 Å². The second-order valence-electron chi connectivity index (χ2n) is 4.34. The van der Waals surface area contributed by atoms with Gasteiger partial charge in [0.25, 0.3) is 5.56 Å². The van der Waals surface area contributed by atoms with Crippen LogP contribution in [0.2, 0.25) is 0 Å². The summed E-state index contributed by atoms with van der Waals surface area (Å²) < 4.78 is 7.80. The Morgan fingerprint density at radius 3 is 2.90 bits per heavy atom. The summed E-state index contributed by atoms with van der Waals surface area (Å²) in [6.07, 6.45) is 1.58. The molecule has 0 aliphatic rings. The first-order valence-corrected chi connectivity index (χ1v) is 7.34. The van der Waals surface area contributed by atoms with E-state index in [0.717, 1.165) is 11.3 Å². The fourth-order valence-corrected chi connectivity index (χ4v) is 2.36. The number of benzene rings is 1. The zero-order chi connectivity index (χ0) is 14.7. The largest absolute Gasteiger partial charge is 0.494 e. The summed E-state index contributed by atoms with van der Waals surface area (Å²) in [7, 11) is 0. The number of nitrogen functional groups attached to an aromatic ring is 1. The summed E-state index contributed by atoms with van der Waals surface area (Å²) in [5.74, 6) is 1.41. The number of nitrogens with two attached hydrogens (primary N) is 1. The van der Waals surface area contributed by atoms with Crippen LogP contribution in [0.4, 0.5) is 5.69 Å². The van der Waals surface area contributed by atoms with E-state index in [1.807, 2.05) is 48.6 Å². The van der Waals surface area contributed by atoms with Crippen molar-refractivity contribution >= 4 is 28.3 Å². The molecule has 0 saturated heterocycles. The SMILES string of the molecule is CCOc1ccc(N)cc1Cn1c(C)ncc(I)c1=O. The Morgan fingerprint density at radius 1 is 1.45 bits per heavy atom. The van der Waals surface area contributed by atoms with E-state index in [4.69, 9.17) is 10.5 Å². The average molecular weight is 385 g/mol. The van der Waals surface area contributed by atoms with Gasteiger partial charge in [-0.2, -0.15) is 0 Å². The predicted molar refractivity (Wildman–Crippen MR) is 87.1 cm³/mol. The van der Waals surface area contributed by atoms with Crippen molar-refractivity contribution in [3.8, 4) is 5.75 Å². The Bertz CT molecular complexity index is 683. The van der Waals surface area contributed by atoms with Crippen molar-refractivity contribution in [2.24, 2.45) is 0 Å². The third kappa shape index (κ3) is 3.12. The van der Waals surface area contributed by atoms with Crippen LogP contribution in [-0.4, -0.2) is 16.2 Å². The first-order valence-electron chi connectivity index (χ1n) is 6.26. The van der Waals surface area contributed by atoms with Crippen molar-refractivity contribution in [1.82, 2.24) is 9.55 Å². The maximum atomic E-state index is 12.2. The molecule has 2 rings (SSSR count). The quantitative estimate of drug-likeness (QED) is 0.647. The molecule has 0 aliphatic heterocycles. The van der Waals surface area contributed by atoms with E-state index in [9.17, 15) is 4.79 Å². The molecule has 0 bridgehead atoms. The monoisotopic (exact) mass is 385 g/mol. The molecule has 1 aromatic heterocycles. The Kier molecular flexibility index (Phi) is 4.64. The molecular weight excluding hydrogens is 369 g/mol. The van der Waals surface area contributed by atoms with Crippen molar-refractivity contribution in [2.75, 3.05) is 12.3 Å². The molecule has 20 heavy (non-hydrogen) atoms. The molecule has 2 N–H and O–H groups in total. The maximum absolute atomic E-state index is 12.2.